The highest BCUT2D eigenvalue weighted by Crippen LogP contribution is 2.37. The summed E-state index contributed by atoms with van der Waals surface area (Å²) >= 11 is 0. The molecule has 1 atom stereocenters. The first kappa shape index (κ1) is 11.9. The highest BCUT2D eigenvalue weighted by molar-refractivity contribution is 5.87. The Morgan fingerprint density at radius 1 is 1.33 bits per heavy atom. The minimum atomic E-state index is 0. The minimum absolute atomic E-state index is 0. The molecule has 1 unspecified atom stereocenters. The van der Waals surface area contributed by atoms with Gasteiger partial charge in [-0.1, -0.05) is 0 Å². The first-order valence-corrected chi connectivity index (χ1v) is 6.52. The van der Waals surface area contributed by atoms with Gasteiger partial charge in [-0.25, -0.2) is 0 Å². The number of phenols is 1. The number of aryl methyl sites for hydroxylation is 1. The molecule has 0 amide bonds. The molecule has 1 aromatic carbocycles. The van der Waals surface area contributed by atoms with Crippen LogP contribution in [0.25, 0.3) is 10.9 Å². The Morgan fingerprint density at radius 3 is 3.11 bits per heavy atom. The summed E-state index contributed by atoms with van der Waals surface area (Å²) in [4.78, 5) is 0. The summed E-state index contributed by atoms with van der Waals surface area (Å²) in [5.41, 5.74) is 4.33. The SMILES string of the molecule is Oc1ccc2c(c1)c1c3n2CC[NH2+]C3CCC1.[Cl-]. The number of fused-ring (bicyclic) bond motifs is 3. The Morgan fingerprint density at radius 2 is 2.22 bits per heavy atom. The van der Waals surface area contributed by atoms with Crippen molar-refractivity contribution in [2.45, 2.75) is 31.8 Å². The molecule has 2 aromatic rings. The van der Waals surface area contributed by atoms with E-state index in [4.69, 9.17) is 0 Å². The number of hydrogen-bond acceptors (Lipinski definition) is 1. The zero-order valence-corrected chi connectivity index (χ0v) is 11.0. The Bertz CT molecular complexity index is 603. The molecule has 0 bridgehead atoms. The zero-order valence-electron chi connectivity index (χ0n) is 10.2. The molecule has 96 valence electrons. The van der Waals surface area contributed by atoms with Gasteiger partial charge in [-0.15, -0.1) is 0 Å². The maximum absolute atomic E-state index is 9.68. The van der Waals surface area contributed by atoms with Crippen molar-refractivity contribution in [3.05, 3.63) is 29.5 Å². The third-order valence-electron chi connectivity index (χ3n) is 4.29. The molecular weight excluding hydrogens is 248 g/mol. The topological polar surface area (TPSA) is 41.8 Å². The van der Waals surface area contributed by atoms with E-state index in [1.165, 1.54) is 48.0 Å². The van der Waals surface area contributed by atoms with Crippen molar-refractivity contribution in [1.82, 2.24) is 4.57 Å². The molecule has 1 aliphatic carbocycles. The van der Waals surface area contributed by atoms with E-state index in [2.05, 4.69) is 16.0 Å². The van der Waals surface area contributed by atoms with Crippen LogP contribution in [-0.4, -0.2) is 16.2 Å². The molecule has 0 saturated heterocycles. The second-order valence-corrected chi connectivity index (χ2v) is 5.24. The van der Waals surface area contributed by atoms with Gasteiger partial charge in [0.1, 0.15) is 11.8 Å². The lowest BCUT2D eigenvalue weighted by Crippen LogP contribution is -3.00. The normalized spacial score (nSPS) is 21.4. The van der Waals surface area contributed by atoms with Crippen molar-refractivity contribution < 1.29 is 22.8 Å². The van der Waals surface area contributed by atoms with E-state index in [0.717, 1.165) is 6.54 Å². The predicted molar refractivity (Wildman–Crippen MR) is 66.1 cm³/mol. The third kappa shape index (κ3) is 1.47. The third-order valence-corrected chi connectivity index (χ3v) is 4.29. The van der Waals surface area contributed by atoms with E-state index >= 15 is 0 Å². The van der Waals surface area contributed by atoms with Gasteiger partial charge in [0.2, 0.25) is 0 Å². The van der Waals surface area contributed by atoms with Gasteiger partial charge in [-0.3, -0.25) is 0 Å². The summed E-state index contributed by atoms with van der Waals surface area (Å²) in [6, 6.07) is 6.48. The quantitative estimate of drug-likeness (QED) is 0.586. The van der Waals surface area contributed by atoms with E-state index in [-0.39, 0.29) is 12.4 Å². The van der Waals surface area contributed by atoms with Crippen LogP contribution < -0.4 is 17.7 Å². The molecule has 3 N–H and O–H groups in total. The van der Waals surface area contributed by atoms with Gasteiger partial charge in [0, 0.05) is 17.3 Å². The molecule has 1 aromatic heterocycles. The fourth-order valence-electron chi connectivity index (χ4n) is 3.63. The molecule has 1 aliphatic heterocycles. The summed E-state index contributed by atoms with van der Waals surface area (Å²) in [5, 5.41) is 13.4. The average Bonchev–Trinajstić information content (AvgIpc) is 2.67. The molecule has 4 heteroatoms. The summed E-state index contributed by atoms with van der Waals surface area (Å²) in [5.74, 6) is 0.391. The van der Waals surface area contributed by atoms with Gasteiger partial charge in [0.05, 0.1) is 18.8 Å². The van der Waals surface area contributed by atoms with Gasteiger partial charge >= 0.3 is 0 Å². The molecule has 2 heterocycles. The van der Waals surface area contributed by atoms with E-state index in [1.807, 2.05) is 12.1 Å². The van der Waals surface area contributed by atoms with Crippen molar-refractivity contribution in [3.8, 4) is 5.75 Å². The van der Waals surface area contributed by atoms with Crippen LogP contribution in [0, 0.1) is 0 Å². The molecule has 18 heavy (non-hydrogen) atoms. The van der Waals surface area contributed by atoms with Crippen LogP contribution in [0.3, 0.4) is 0 Å². The van der Waals surface area contributed by atoms with Gasteiger partial charge in [-0.2, -0.15) is 0 Å². The van der Waals surface area contributed by atoms with Gasteiger partial charge in [-0.05, 0) is 36.6 Å². The first-order valence-electron chi connectivity index (χ1n) is 6.52. The number of hydrogen-bond donors (Lipinski definition) is 2. The van der Waals surface area contributed by atoms with Crippen LogP contribution in [0.5, 0.6) is 5.75 Å². The maximum Gasteiger partial charge on any atom is 0.127 e. The number of benzene rings is 1. The van der Waals surface area contributed by atoms with Gasteiger partial charge < -0.3 is 27.4 Å². The lowest BCUT2D eigenvalue weighted by Gasteiger charge is -2.27. The fourth-order valence-corrected chi connectivity index (χ4v) is 3.63. The predicted octanol–water partition coefficient (Wildman–Crippen LogP) is -1.69. The van der Waals surface area contributed by atoms with E-state index < -0.39 is 0 Å². The minimum Gasteiger partial charge on any atom is -1.00 e. The summed E-state index contributed by atoms with van der Waals surface area (Å²) in [6.07, 6.45) is 3.75. The number of halogens is 1. The van der Waals surface area contributed by atoms with Crippen molar-refractivity contribution in [1.29, 1.82) is 0 Å². The van der Waals surface area contributed by atoms with Crippen LogP contribution in [0.2, 0.25) is 0 Å². The van der Waals surface area contributed by atoms with E-state index in [1.54, 1.807) is 0 Å². The van der Waals surface area contributed by atoms with Crippen LogP contribution in [0.4, 0.5) is 0 Å². The molecule has 3 nitrogen and oxygen atoms in total. The highest BCUT2D eigenvalue weighted by Gasteiger charge is 2.32. The van der Waals surface area contributed by atoms with Gasteiger partial charge in [0.25, 0.3) is 0 Å². The number of nitrogens with zero attached hydrogens (tertiary/aromatic N) is 1. The molecule has 4 rings (SSSR count). The van der Waals surface area contributed by atoms with Crippen molar-refractivity contribution in [2.75, 3.05) is 6.54 Å². The number of rotatable bonds is 0. The van der Waals surface area contributed by atoms with Crippen LogP contribution in [0.15, 0.2) is 18.2 Å². The molecule has 0 radical (unpaired) electrons. The second kappa shape index (κ2) is 4.18. The molecule has 0 spiro atoms. The lowest BCUT2D eigenvalue weighted by atomic mass is 9.91. The standard InChI is InChI=1S/C14H16N2O.ClH/c17-9-4-5-13-11(8-9)10-2-1-3-12-14(10)16(13)7-6-15-12;/h4-5,8,12,15,17H,1-3,6-7H2;1H. The molecule has 2 aliphatic rings. The Kier molecular flexibility index (Phi) is 2.76. The van der Waals surface area contributed by atoms with E-state index in [9.17, 15) is 5.11 Å². The number of aromatic hydroxyl groups is 1. The Balaban J connectivity index is 0.000001000. The Hall–Kier alpha value is -1.19. The smallest absolute Gasteiger partial charge is 0.127 e. The summed E-state index contributed by atoms with van der Waals surface area (Å²) in [7, 11) is 0. The average molecular weight is 265 g/mol. The maximum atomic E-state index is 9.68. The van der Waals surface area contributed by atoms with Crippen molar-refractivity contribution in [2.24, 2.45) is 0 Å². The molecule has 0 fully saturated rings. The van der Waals surface area contributed by atoms with Gasteiger partial charge in [0.15, 0.2) is 0 Å². The zero-order chi connectivity index (χ0) is 11.4. The van der Waals surface area contributed by atoms with Crippen LogP contribution >= 0.6 is 0 Å². The molecular formula is C14H17ClN2O. The number of phenolic OH excluding ortho intramolecular Hbond substituents is 1. The van der Waals surface area contributed by atoms with E-state index in [0.29, 0.717) is 11.8 Å². The fraction of sp³-hybridized carbons (Fsp3) is 0.429. The number of aromatic nitrogens is 1. The van der Waals surface area contributed by atoms with Crippen molar-refractivity contribution >= 4 is 10.9 Å². The number of quaternary nitrogens is 1. The van der Waals surface area contributed by atoms with Crippen LogP contribution in [0.1, 0.15) is 30.1 Å². The largest absolute Gasteiger partial charge is 1.00 e. The summed E-state index contributed by atoms with van der Waals surface area (Å²) < 4.78 is 2.48. The van der Waals surface area contributed by atoms with Crippen LogP contribution in [-0.2, 0) is 13.0 Å². The number of nitrogens with two attached hydrogens (primary N) is 1. The monoisotopic (exact) mass is 264 g/mol. The second-order valence-electron chi connectivity index (χ2n) is 5.24. The highest BCUT2D eigenvalue weighted by atomic mass is 35.5. The first-order chi connectivity index (χ1) is 8.34. The lowest BCUT2D eigenvalue weighted by molar-refractivity contribution is -0.704. The Labute approximate surface area is 112 Å². The van der Waals surface area contributed by atoms with Crippen molar-refractivity contribution in [3.63, 3.8) is 0 Å². The molecule has 0 saturated carbocycles. The summed E-state index contributed by atoms with van der Waals surface area (Å²) in [6.45, 7) is 2.29.